The van der Waals surface area contributed by atoms with Crippen molar-refractivity contribution in [3.05, 3.63) is 63.5 Å². The van der Waals surface area contributed by atoms with Crippen LogP contribution in [-0.4, -0.2) is 45.4 Å². The Balaban J connectivity index is 1.79. The number of halogens is 1. The van der Waals surface area contributed by atoms with E-state index in [9.17, 15) is 14.4 Å². The Morgan fingerprint density at radius 2 is 1.97 bits per heavy atom. The van der Waals surface area contributed by atoms with E-state index in [-0.39, 0.29) is 25.6 Å². The fraction of sp³-hybridized carbons (Fsp3) is 0.143. The number of thioether (sulfide) groups is 1. The van der Waals surface area contributed by atoms with Gasteiger partial charge >= 0.3 is 5.97 Å². The molecule has 1 atom stereocenters. The number of carboxylic acids is 1. The SMILES string of the molecule is COc1cc(/C=C2/SC(=S)N(NC(=O)c3ccccc3Cl)C2=O)ccc1OC(C)C(=O)O. The van der Waals surface area contributed by atoms with Crippen molar-refractivity contribution in [1.82, 2.24) is 10.4 Å². The van der Waals surface area contributed by atoms with Gasteiger partial charge in [0.1, 0.15) is 0 Å². The number of carbonyl (C=O) groups is 3. The van der Waals surface area contributed by atoms with E-state index in [1.807, 2.05) is 0 Å². The maximum atomic E-state index is 12.8. The summed E-state index contributed by atoms with van der Waals surface area (Å²) in [6, 6.07) is 11.2. The Morgan fingerprint density at radius 3 is 2.62 bits per heavy atom. The number of methoxy groups -OCH3 is 1. The molecule has 8 nitrogen and oxygen atoms in total. The summed E-state index contributed by atoms with van der Waals surface area (Å²) in [5, 5.41) is 10.2. The second-order valence-corrected chi connectivity index (χ2v) is 8.53. The van der Waals surface area contributed by atoms with Gasteiger partial charge in [0.05, 0.1) is 22.6 Å². The molecule has 2 aromatic rings. The van der Waals surface area contributed by atoms with E-state index in [0.29, 0.717) is 11.3 Å². The predicted molar refractivity (Wildman–Crippen MR) is 125 cm³/mol. The number of nitrogens with one attached hydrogen (secondary N) is 1. The minimum absolute atomic E-state index is 0.156. The Kier molecular flexibility index (Phi) is 7.39. The van der Waals surface area contributed by atoms with Crippen LogP contribution in [0.2, 0.25) is 5.02 Å². The van der Waals surface area contributed by atoms with Gasteiger partial charge in [0.2, 0.25) is 0 Å². The lowest BCUT2D eigenvalue weighted by molar-refractivity contribution is -0.144. The lowest BCUT2D eigenvalue weighted by Crippen LogP contribution is -2.44. The number of benzene rings is 2. The quantitative estimate of drug-likeness (QED) is 0.445. The number of hydrogen-bond donors (Lipinski definition) is 2. The van der Waals surface area contributed by atoms with E-state index in [1.165, 1.54) is 20.1 Å². The van der Waals surface area contributed by atoms with Crippen LogP contribution in [0.4, 0.5) is 0 Å². The van der Waals surface area contributed by atoms with Crippen molar-refractivity contribution in [3.8, 4) is 11.5 Å². The van der Waals surface area contributed by atoms with Crippen molar-refractivity contribution in [2.75, 3.05) is 7.11 Å². The van der Waals surface area contributed by atoms with Gasteiger partial charge in [0, 0.05) is 0 Å². The van der Waals surface area contributed by atoms with Crippen LogP contribution >= 0.6 is 35.6 Å². The van der Waals surface area contributed by atoms with Gasteiger partial charge in [-0.25, -0.2) is 4.79 Å². The summed E-state index contributed by atoms with van der Waals surface area (Å²) in [6.07, 6.45) is 0.515. The third-order valence-corrected chi connectivity index (χ3v) is 5.89. The molecule has 0 bridgehead atoms. The van der Waals surface area contributed by atoms with Gasteiger partial charge in [-0.1, -0.05) is 41.6 Å². The number of nitrogens with zero attached hydrogens (tertiary/aromatic N) is 1. The molecule has 166 valence electrons. The molecule has 1 aliphatic heterocycles. The molecule has 2 amide bonds. The summed E-state index contributed by atoms with van der Waals surface area (Å²) < 4.78 is 10.8. The highest BCUT2D eigenvalue weighted by atomic mass is 35.5. The van der Waals surface area contributed by atoms with Crippen LogP contribution < -0.4 is 14.9 Å². The molecule has 0 saturated carbocycles. The normalized spacial score (nSPS) is 15.6. The molecule has 2 N–H and O–H groups in total. The fourth-order valence-corrected chi connectivity index (χ4v) is 4.04. The highest BCUT2D eigenvalue weighted by Crippen LogP contribution is 2.34. The summed E-state index contributed by atoms with van der Waals surface area (Å²) in [6.45, 7) is 1.40. The third-order valence-electron chi connectivity index (χ3n) is 4.26. The average molecular weight is 493 g/mol. The van der Waals surface area contributed by atoms with E-state index in [1.54, 1.807) is 42.5 Å². The molecular weight excluding hydrogens is 476 g/mol. The van der Waals surface area contributed by atoms with E-state index >= 15 is 0 Å². The summed E-state index contributed by atoms with van der Waals surface area (Å²) >= 11 is 12.3. The van der Waals surface area contributed by atoms with Gasteiger partial charge in [-0.2, -0.15) is 5.01 Å². The van der Waals surface area contributed by atoms with E-state index in [4.69, 9.17) is 38.4 Å². The van der Waals surface area contributed by atoms with Crippen LogP contribution in [0.15, 0.2) is 47.4 Å². The smallest absolute Gasteiger partial charge is 0.344 e. The van der Waals surface area contributed by atoms with Crippen molar-refractivity contribution in [2.45, 2.75) is 13.0 Å². The van der Waals surface area contributed by atoms with Gasteiger partial charge in [0.15, 0.2) is 21.9 Å². The molecule has 1 heterocycles. The molecule has 32 heavy (non-hydrogen) atoms. The Morgan fingerprint density at radius 1 is 1.25 bits per heavy atom. The molecule has 2 aromatic carbocycles. The van der Waals surface area contributed by atoms with Crippen molar-refractivity contribution >= 4 is 63.8 Å². The molecule has 1 fully saturated rings. The summed E-state index contributed by atoms with van der Waals surface area (Å²) in [5.74, 6) is -1.63. The first-order valence-electron chi connectivity index (χ1n) is 9.12. The van der Waals surface area contributed by atoms with E-state index < -0.39 is 23.9 Å². The second-order valence-electron chi connectivity index (χ2n) is 6.45. The molecule has 3 rings (SSSR count). The van der Waals surface area contributed by atoms with E-state index in [0.717, 1.165) is 16.8 Å². The number of rotatable bonds is 7. The molecule has 11 heteroatoms. The van der Waals surface area contributed by atoms with Crippen molar-refractivity contribution < 1.29 is 29.0 Å². The van der Waals surface area contributed by atoms with Gasteiger partial charge < -0.3 is 14.6 Å². The van der Waals surface area contributed by atoms with Gasteiger partial charge in [-0.15, -0.1) is 0 Å². The van der Waals surface area contributed by atoms with Crippen LogP contribution in [0.5, 0.6) is 11.5 Å². The maximum Gasteiger partial charge on any atom is 0.344 e. The predicted octanol–water partition coefficient (Wildman–Crippen LogP) is 3.75. The molecule has 0 aliphatic carbocycles. The van der Waals surface area contributed by atoms with Crippen LogP contribution in [0, 0.1) is 0 Å². The molecule has 0 aromatic heterocycles. The minimum Gasteiger partial charge on any atom is -0.493 e. The number of amides is 2. The zero-order chi connectivity index (χ0) is 23.4. The number of hydrazine groups is 1. The minimum atomic E-state index is -1.11. The number of thiocarbonyl (C=S) groups is 1. The highest BCUT2D eigenvalue weighted by Gasteiger charge is 2.34. The molecule has 0 radical (unpaired) electrons. The van der Waals surface area contributed by atoms with Crippen LogP contribution in [0.25, 0.3) is 6.08 Å². The number of carboxylic acid groups (broad SMARTS) is 1. The molecule has 1 aliphatic rings. The Hall–Kier alpha value is -3.08. The third kappa shape index (κ3) is 5.21. The van der Waals surface area contributed by atoms with Gasteiger partial charge in [0.25, 0.3) is 11.8 Å². The topological polar surface area (TPSA) is 105 Å². The first-order valence-corrected chi connectivity index (χ1v) is 10.7. The molecular formula is C21H17ClN2O6S2. The number of hydrogen-bond acceptors (Lipinski definition) is 7. The van der Waals surface area contributed by atoms with Crippen LogP contribution in [0.3, 0.4) is 0 Å². The molecule has 0 spiro atoms. The van der Waals surface area contributed by atoms with Crippen molar-refractivity contribution in [1.29, 1.82) is 0 Å². The molecule has 1 saturated heterocycles. The first kappa shape index (κ1) is 23.6. The zero-order valence-electron chi connectivity index (χ0n) is 16.8. The Bertz CT molecular complexity index is 1140. The largest absolute Gasteiger partial charge is 0.493 e. The lowest BCUT2D eigenvalue weighted by Gasteiger charge is -2.16. The number of aliphatic carboxylic acids is 1. The van der Waals surface area contributed by atoms with Crippen molar-refractivity contribution in [3.63, 3.8) is 0 Å². The van der Waals surface area contributed by atoms with Gasteiger partial charge in [-0.3, -0.25) is 15.0 Å². The Labute approximate surface area is 198 Å². The van der Waals surface area contributed by atoms with Crippen LogP contribution in [-0.2, 0) is 9.59 Å². The summed E-state index contributed by atoms with van der Waals surface area (Å²) in [4.78, 5) is 36.6. The average Bonchev–Trinajstić information content (AvgIpc) is 3.02. The maximum absolute atomic E-state index is 12.8. The number of carbonyl (C=O) groups excluding carboxylic acids is 2. The van der Waals surface area contributed by atoms with Crippen LogP contribution in [0.1, 0.15) is 22.8 Å². The lowest BCUT2D eigenvalue weighted by atomic mass is 10.2. The summed E-state index contributed by atoms with van der Waals surface area (Å²) in [7, 11) is 1.42. The molecule has 1 unspecified atom stereocenters. The zero-order valence-corrected chi connectivity index (χ0v) is 19.2. The summed E-state index contributed by atoms with van der Waals surface area (Å²) in [5.41, 5.74) is 3.28. The fourth-order valence-electron chi connectivity index (χ4n) is 2.63. The first-order chi connectivity index (χ1) is 15.2. The standard InChI is InChI=1S/C21H17ClN2O6S2/c1-11(20(27)28)30-15-8-7-12(9-16(15)29-2)10-17-19(26)24(21(31)32-17)23-18(25)13-5-3-4-6-14(13)22/h3-11H,1-2H3,(H,23,25)(H,27,28)/b17-10+. The highest BCUT2D eigenvalue weighted by molar-refractivity contribution is 8.26. The van der Waals surface area contributed by atoms with Crippen molar-refractivity contribution in [2.24, 2.45) is 0 Å². The van der Waals surface area contributed by atoms with E-state index in [2.05, 4.69) is 5.43 Å². The monoisotopic (exact) mass is 492 g/mol. The second kappa shape index (κ2) is 10.0. The van der Waals surface area contributed by atoms with Gasteiger partial charge in [-0.05, 0) is 55.0 Å². The number of ether oxygens (including phenoxy) is 2.